The molecule has 0 bridgehead atoms. The predicted octanol–water partition coefficient (Wildman–Crippen LogP) is 1.38. The van der Waals surface area contributed by atoms with E-state index in [0.717, 1.165) is 0 Å². The molecular weight excluding hydrogens is 338 g/mol. The van der Waals surface area contributed by atoms with Gasteiger partial charge in [0.25, 0.3) is 5.91 Å². The van der Waals surface area contributed by atoms with Crippen molar-refractivity contribution in [2.24, 2.45) is 0 Å². The van der Waals surface area contributed by atoms with E-state index < -0.39 is 5.97 Å². The Morgan fingerprint density at radius 3 is 2.65 bits per heavy atom. The highest BCUT2D eigenvalue weighted by Crippen LogP contribution is 2.10. The van der Waals surface area contributed by atoms with Crippen LogP contribution in [0.5, 0.6) is 0 Å². The van der Waals surface area contributed by atoms with E-state index in [1.165, 1.54) is 28.1 Å². The van der Waals surface area contributed by atoms with Gasteiger partial charge in [-0.3, -0.25) is 9.59 Å². The van der Waals surface area contributed by atoms with Gasteiger partial charge in [0.15, 0.2) is 5.69 Å². The summed E-state index contributed by atoms with van der Waals surface area (Å²) in [6.07, 6.45) is 0.667. The summed E-state index contributed by atoms with van der Waals surface area (Å²) in [4.78, 5) is 38.5. The molecule has 2 aromatic rings. The molecule has 2 rings (SSSR count). The van der Waals surface area contributed by atoms with Crippen LogP contribution in [0.1, 0.15) is 31.6 Å². The number of thiazole rings is 1. The Labute approximate surface area is 140 Å². The third-order valence-corrected chi connectivity index (χ3v) is 4.59. The van der Waals surface area contributed by atoms with Gasteiger partial charge in [0.05, 0.1) is 9.88 Å². The van der Waals surface area contributed by atoms with Crippen LogP contribution in [0, 0.1) is 0 Å². The predicted molar refractivity (Wildman–Crippen MR) is 87.1 cm³/mol. The molecule has 0 unspecified atom stereocenters. The largest absolute Gasteiger partial charge is 0.476 e. The van der Waals surface area contributed by atoms with Gasteiger partial charge in [0, 0.05) is 31.3 Å². The SMILES string of the molecule is O=C(CCNC(=O)c1cccs1)NCCc1nc(C(=O)O)cs1. The fourth-order valence-electron chi connectivity index (χ4n) is 1.71. The van der Waals surface area contributed by atoms with Crippen molar-refractivity contribution >= 4 is 40.5 Å². The number of nitrogens with one attached hydrogen (secondary N) is 2. The molecule has 7 nitrogen and oxygen atoms in total. The Bertz CT molecular complexity index is 682. The van der Waals surface area contributed by atoms with Gasteiger partial charge in [-0.2, -0.15) is 0 Å². The lowest BCUT2D eigenvalue weighted by molar-refractivity contribution is -0.120. The molecule has 0 fully saturated rings. The highest BCUT2D eigenvalue weighted by atomic mass is 32.1. The van der Waals surface area contributed by atoms with Gasteiger partial charge in [0.2, 0.25) is 5.91 Å². The van der Waals surface area contributed by atoms with E-state index in [1.54, 1.807) is 12.1 Å². The Morgan fingerprint density at radius 2 is 2.00 bits per heavy atom. The normalized spacial score (nSPS) is 10.3. The van der Waals surface area contributed by atoms with Crippen LogP contribution in [0.25, 0.3) is 0 Å². The minimum Gasteiger partial charge on any atom is -0.476 e. The Balaban J connectivity index is 1.61. The fourth-order valence-corrected chi connectivity index (χ4v) is 3.12. The van der Waals surface area contributed by atoms with Crippen LogP contribution in [0.2, 0.25) is 0 Å². The molecule has 3 N–H and O–H groups in total. The van der Waals surface area contributed by atoms with Crippen LogP contribution in [0.3, 0.4) is 0 Å². The highest BCUT2D eigenvalue weighted by molar-refractivity contribution is 7.12. The van der Waals surface area contributed by atoms with Crippen LogP contribution in [-0.4, -0.2) is 41.0 Å². The first kappa shape index (κ1) is 17.1. The molecule has 0 radical (unpaired) electrons. The number of nitrogens with zero attached hydrogens (tertiary/aromatic N) is 1. The first-order chi connectivity index (χ1) is 11.1. The van der Waals surface area contributed by atoms with E-state index in [9.17, 15) is 14.4 Å². The van der Waals surface area contributed by atoms with Crippen molar-refractivity contribution in [2.45, 2.75) is 12.8 Å². The molecule has 0 aliphatic carbocycles. The standard InChI is InChI=1S/C14H15N3O4S2/c18-11(3-5-16-13(19)10-2-1-7-22-10)15-6-4-12-17-9(8-23-12)14(20)21/h1-2,7-8H,3-6H2,(H,15,18)(H,16,19)(H,20,21). The van der Waals surface area contributed by atoms with E-state index in [0.29, 0.717) is 22.9 Å². The summed E-state index contributed by atoms with van der Waals surface area (Å²) in [7, 11) is 0. The molecule has 0 saturated carbocycles. The molecule has 122 valence electrons. The average molecular weight is 353 g/mol. The lowest BCUT2D eigenvalue weighted by Crippen LogP contribution is -2.31. The zero-order chi connectivity index (χ0) is 16.7. The number of carboxylic acid groups (broad SMARTS) is 1. The van der Waals surface area contributed by atoms with Gasteiger partial charge >= 0.3 is 5.97 Å². The molecule has 0 atom stereocenters. The van der Waals surface area contributed by atoms with Crippen LogP contribution >= 0.6 is 22.7 Å². The number of carbonyl (C=O) groups is 3. The third kappa shape index (κ3) is 5.46. The number of hydrogen-bond donors (Lipinski definition) is 3. The first-order valence-electron chi connectivity index (χ1n) is 6.82. The van der Waals surface area contributed by atoms with Gasteiger partial charge in [-0.1, -0.05) is 6.07 Å². The summed E-state index contributed by atoms with van der Waals surface area (Å²) in [5.74, 6) is -1.42. The smallest absolute Gasteiger partial charge is 0.355 e. The second-order valence-electron chi connectivity index (χ2n) is 4.51. The molecule has 9 heteroatoms. The number of aromatic carboxylic acids is 1. The van der Waals surface area contributed by atoms with Crippen LogP contribution in [0.15, 0.2) is 22.9 Å². The van der Waals surface area contributed by atoms with E-state index >= 15 is 0 Å². The van der Waals surface area contributed by atoms with Crippen molar-refractivity contribution in [1.29, 1.82) is 0 Å². The van der Waals surface area contributed by atoms with E-state index in [1.807, 2.05) is 5.38 Å². The maximum absolute atomic E-state index is 11.7. The van der Waals surface area contributed by atoms with Gasteiger partial charge in [-0.25, -0.2) is 9.78 Å². The number of carbonyl (C=O) groups excluding carboxylic acids is 2. The number of carboxylic acids is 1. The summed E-state index contributed by atoms with van der Waals surface area (Å²) in [6, 6.07) is 3.51. The van der Waals surface area contributed by atoms with Gasteiger partial charge < -0.3 is 15.7 Å². The monoisotopic (exact) mass is 353 g/mol. The third-order valence-electron chi connectivity index (χ3n) is 2.81. The summed E-state index contributed by atoms with van der Waals surface area (Å²) in [5, 5.41) is 18.1. The van der Waals surface area contributed by atoms with Crippen molar-refractivity contribution in [3.63, 3.8) is 0 Å². The topological polar surface area (TPSA) is 108 Å². The van der Waals surface area contributed by atoms with Crippen molar-refractivity contribution in [1.82, 2.24) is 15.6 Å². The molecule has 2 heterocycles. The zero-order valence-electron chi connectivity index (χ0n) is 12.1. The van der Waals surface area contributed by atoms with E-state index in [4.69, 9.17) is 5.11 Å². The lowest BCUT2D eigenvalue weighted by Gasteiger charge is -2.05. The Kier molecular flexibility index (Phi) is 6.24. The summed E-state index contributed by atoms with van der Waals surface area (Å²) < 4.78 is 0. The second kappa shape index (κ2) is 8.39. The number of rotatable bonds is 8. The number of hydrogen-bond acceptors (Lipinski definition) is 6. The zero-order valence-corrected chi connectivity index (χ0v) is 13.7. The van der Waals surface area contributed by atoms with Crippen molar-refractivity contribution in [3.8, 4) is 0 Å². The van der Waals surface area contributed by atoms with Crippen molar-refractivity contribution < 1.29 is 19.5 Å². The number of thiophene rings is 1. The van der Waals surface area contributed by atoms with Gasteiger partial charge in [0.1, 0.15) is 0 Å². The van der Waals surface area contributed by atoms with Crippen molar-refractivity contribution in [2.75, 3.05) is 13.1 Å². The Morgan fingerprint density at radius 1 is 1.17 bits per heavy atom. The minimum atomic E-state index is -1.06. The van der Waals surface area contributed by atoms with Crippen LogP contribution in [-0.2, 0) is 11.2 Å². The van der Waals surface area contributed by atoms with Gasteiger partial charge in [-0.05, 0) is 11.4 Å². The van der Waals surface area contributed by atoms with E-state index in [2.05, 4.69) is 15.6 Å². The molecule has 2 amide bonds. The highest BCUT2D eigenvalue weighted by Gasteiger charge is 2.09. The van der Waals surface area contributed by atoms with Crippen molar-refractivity contribution in [3.05, 3.63) is 38.5 Å². The molecule has 23 heavy (non-hydrogen) atoms. The molecule has 0 saturated heterocycles. The van der Waals surface area contributed by atoms with Crippen LogP contribution in [0.4, 0.5) is 0 Å². The molecule has 0 aromatic carbocycles. The van der Waals surface area contributed by atoms with E-state index in [-0.39, 0.29) is 30.5 Å². The maximum atomic E-state index is 11.7. The maximum Gasteiger partial charge on any atom is 0.355 e. The minimum absolute atomic E-state index is 0.0209. The molecule has 0 aliphatic rings. The quantitative estimate of drug-likeness (QED) is 0.664. The molecular formula is C14H15N3O4S2. The molecule has 0 spiro atoms. The van der Waals surface area contributed by atoms with Crippen LogP contribution < -0.4 is 10.6 Å². The summed E-state index contributed by atoms with van der Waals surface area (Å²) in [6.45, 7) is 0.646. The summed E-state index contributed by atoms with van der Waals surface area (Å²) >= 11 is 2.60. The molecule has 2 aromatic heterocycles. The van der Waals surface area contributed by atoms with Gasteiger partial charge in [-0.15, -0.1) is 22.7 Å². The second-order valence-corrected chi connectivity index (χ2v) is 6.41. The average Bonchev–Trinajstić information content (AvgIpc) is 3.18. The fraction of sp³-hybridized carbons (Fsp3) is 0.286. The number of aromatic nitrogens is 1. The lowest BCUT2D eigenvalue weighted by atomic mass is 10.3. The molecule has 0 aliphatic heterocycles. The Hall–Kier alpha value is -2.26. The first-order valence-corrected chi connectivity index (χ1v) is 8.58. The number of amides is 2. The summed E-state index contributed by atoms with van der Waals surface area (Å²) in [5.41, 5.74) is 0.0209.